The number of hydrogen-bond donors (Lipinski definition) is 1. The number of pyridine rings is 1. The minimum atomic E-state index is -0.999. The molecule has 18 heavy (non-hydrogen) atoms. The van der Waals surface area contributed by atoms with Crippen LogP contribution in [0.5, 0.6) is 0 Å². The zero-order chi connectivity index (χ0) is 13.3. The van der Waals surface area contributed by atoms with Crippen LogP contribution in [0.3, 0.4) is 0 Å². The molecule has 1 aromatic carbocycles. The van der Waals surface area contributed by atoms with Gasteiger partial charge in [-0.15, -0.1) is 0 Å². The van der Waals surface area contributed by atoms with Gasteiger partial charge in [-0.05, 0) is 55.8 Å². The summed E-state index contributed by atoms with van der Waals surface area (Å²) >= 11 is 5.94. The minimum absolute atomic E-state index is 0.300. The number of halogens is 2. The van der Waals surface area contributed by atoms with Crippen molar-refractivity contribution in [1.29, 1.82) is 0 Å². The Hall–Kier alpha value is -1.45. The molecular formula is C14H13ClFNO. The molecule has 0 fully saturated rings. The summed E-state index contributed by atoms with van der Waals surface area (Å²) in [5.41, 5.74) is 1.03. The third-order valence-electron chi connectivity index (χ3n) is 2.64. The van der Waals surface area contributed by atoms with Crippen LogP contribution in [0.25, 0.3) is 11.3 Å². The molecule has 2 rings (SSSR count). The van der Waals surface area contributed by atoms with Crippen LogP contribution >= 0.6 is 11.6 Å². The van der Waals surface area contributed by atoms with Crippen molar-refractivity contribution in [1.82, 2.24) is 4.98 Å². The second kappa shape index (κ2) is 4.67. The van der Waals surface area contributed by atoms with Gasteiger partial charge in [-0.25, -0.2) is 9.37 Å². The van der Waals surface area contributed by atoms with Crippen molar-refractivity contribution in [2.75, 3.05) is 0 Å². The Kier molecular flexibility index (Phi) is 3.37. The molecule has 0 atom stereocenters. The predicted octanol–water partition coefficient (Wildman–Crippen LogP) is 3.77. The first-order chi connectivity index (χ1) is 8.36. The van der Waals surface area contributed by atoms with Crippen molar-refractivity contribution < 1.29 is 9.50 Å². The van der Waals surface area contributed by atoms with Crippen LogP contribution in [0.2, 0.25) is 5.15 Å². The van der Waals surface area contributed by atoms with Gasteiger partial charge in [0.1, 0.15) is 11.0 Å². The van der Waals surface area contributed by atoms with E-state index in [2.05, 4.69) is 4.98 Å². The highest BCUT2D eigenvalue weighted by molar-refractivity contribution is 6.29. The van der Waals surface area contributed by atoms with E-state index in [4.69, 9.17) is 11.6 Å². The predicted molar refractivity (Wildman–Crippen MR) is 69.9 cm³/mol. The lowest BCUT2D eigenvalue weighted by atomic mass is 9.97. The van der Waals surface area contributed by atoms with Gasteiger partial charge in [0.25, 0.3) is 0 Å². The van der Waals surface area contributed by atoms with E-state index in [0.29, 0.717) is 16.4 Å². The molecule has 4 heteroatoms. The van der Waals surface area contributed by atoms with Crippen LogP contribution < -0.4 is 0 Å². The normalized spacial score (nSPS) is 11.6. The second-order valence-corrected chi connectivity index (χ2v) is 5.02. The van der Waals surface area contributed by atoms with Crippen molar-refractivity contribution in [3.63, 3.8) is 0 Å². The van der Waals surface area contributed by atoms with E-state index in [1.807, 2.05) is 0 Å². The van der Waals surface area contributed by atoms with Gasteiger partial charge in [0.05, 0.1) is 11.3 Å². The molecule has 0 spiro atoms. The summed E-state index contributed by atoms with van der Waals surface area (Å²) in [5, 5.41) is 10.3. The van der Waals surface area contributed by atoms with Crippen molar-refractivity contribution in [3.05, 3.63) is 52.9 Å². The highest BCUT2D eigenvalue weighted by Gasteiger charge is 2.18. The van der Waals surface area contributed by atoms with Crippen molar-refractivity contribution in [3.8, 4) is 11.3 Å². The summed E-state index contributed by atoms with van der Waals surface area (Å²) in [6.07, 6.45) is 0. The third kappa shape index (κ3) is 2.86. The van der Waals surface area contributed by atoms with Gasteiger partial charge < -0.3 is 5.11 Å². The number of nitrogens with zero attached hydrogens (tertiary/aromatic N) is 1. The summed E-state index contributed by atoms with van der Waals surface area (Å²) < 4.78 is 12.9. The highest BCUT2D eigenvalue weighted by Crippen LogP contribution is 2.27. The number of hydrogen-bond acceptors (Lipinski definition) is 2. The van der Waals surface area contributed by atoms with Crippen LogP contribution in [-0.2, 0) is 5.60 Å². The lowest BCUT2D eigenvalue weighted by molar-refractivity contribution is 0.0785. The van der Waals surface area contributed by atoms with E-state index >= 15 is 0 Å². The quantitative estimate of drug-likeness (QED) is 0.839. The first-order valence-electron chi connectivity index (χ1n) is 5.52. The van der Waals surface area contributed by atoms with Crippen molar-refractivity contribution >= 4 is 11.6 Å². The zero-order valence-corrected chi connectivity index (χ0v) is 10.9. The van der Waals surface area contributed by atoms with Gasteiger partial charge in [0.15, 0.2) is 0 Å². The lowest BCUT2D eigenvalue weighted by Crippen LogP contribution is -2.15. The molecular weight excluding hydrogens is 253 g/mol. The van der Waals surface area contributed by atoms with E-state index in [0.717, 1.165) is 5.56 Å². The van der Waals surface area contributed by atoms with Gasteiger partial charge in [-0.1, -0.05) is 11.6 Å². The van der Waals surface area contributed by atoms with Gasteiger partial charge in [0, 0.05) is 5.56 Å². The van der Waals surface area contributed by atoms with E-state index in [-0.39, 0.29) is 5.82 Å². The van der Waals surface area contributed by atoms with Gasteiger partial charge in [-0.2, -0.15) is 0 Å². The van der Waals surface area contributed by atoms with E-state index in [1.54, 1.807) is 38.1 Å². The molecule has 1 aromatic heterocycles. The molecule has 0 aliphatic carbocycles. The summed E-state index contributed by atoms with van der Waals surface area (Å²) in [6, 6.07) is 9.35. The Labute approximate surface area is 110 Å². The highest BCUT2D eigenvalue weighted by atomic mass is 35.5. The summed E-state index contributed by atoms with van der Waals surface area (Å²) in [4.78, 5) is 4.18. The second-order valence-electron chi connectivity index (χ2n) is 4.63. The molecule has 1 N–H and O–H groups in total. The lowest BCUT2D eigenvalue weighted by Gasteiger charge is -2.18. The van der Waals surface area contributed by atoms with Gasteiger partial charge in [0.2, 0.25) is 0 Å². The largest absolute Gasteiger partial charge is 0.386 e. The number of benzene rings is 1. The fourth-order valence-corrected chi connectivity index (χ4v) is 1.83. The molecule has 0 aliphatic rings. The van der Waals surface area contributed by atoms with Crippen molar-refractivity contribution in [2.45, 2.75) is 19.4 Å². The summed E-state index contributed by atoms with van der Waals surface area (Å²) in [5.74, 6) is -0.302. The number of aliphatic hydroxyl groups is 1. The van der Waals surface area contributed by atoms with E-state index < -0.39 is 5.60 Å². The molecule has 0 saturated carbocycles. The van der Waals surface area contributed by atoms with Crippen LogP contribution in [-0.4, -0.2) is 10.1 Å². The smallest absolute Gasteiger partial charge is 0.130 e. The van der Waals surface area contributed by atoms with Crippen LogP contribution in [0.1, 0.15) is 19.4 Å². The number of aromatic nitrogens is 1. The molecule has 0 aliphatic heterocycles. The standard InChI is InChI=1S/C14H13ClFNO/c1-14(2,18)10-7-12(17-13(15)8-10)9-3-5-11(16)6-4-9/h3-8,18H,1-2H3. The molecule has 2 nitrogen and oxygen atoms in total. The molecule has 0 bridgehead atoms. The van der Waals surface area contributed by atoms with Crippen LogP contribution in [0.4, 0.5) is 4.39 Å². The molecule has 0 unspecified atom stereocenters. The summed E-state index contributed by atoms with van der Waals surface area (Å²) in [6.45, 7) is 3.35. The Morgan fingerprint density at radius 2 is 1.78 bits per heavy atom. The van der Waals surface area contributed by atoms with Crippen LogP contribution in [0.15, 0.2) is 36.4 Å². The Morgan fingerprint density at radius 3 is 2.33 bits per heavy atom. The zero-order valence-electron chi connectivity index (χ0n) is 10.1. The fourth-order valence-electron chi connectivity index (χ4n) is 1.62. The van der Waals surface area contributed by atoms with E-state index in [1.165, 1.54) is 12.1 Å². The molecule has 0 radical (unpaired) electrons. The first kappa shape index (κ1) is 13.0. The molecule has 0 saturated heterocycles. The molecule has 94 valence electrons. The maximum absolute atomic E-state index is 12.9. The fraction of sp³-hybridized carbons (Fsp3) is 0.214. The Morgan fingerprint density at radius 1 is 1.17 bits per heavy atom. The molecule has 0 amide bonds. The minimum Gasteiger partial charge on any atom is -0.386 e. The summed E-state index contributed by atoms with van der Waals surface area (Å²) in [7, 11) is 0. The monoisotopic (exact) mass is 265 g/mol. The van der Waals surface area contributed by atoms with Crippen molar-refractivity contribution in [2.24, 2.45) is 0 Å². The Balaban J connectivity index is 2.52. The SMILES string of the molecule is CC(C)(O)c1cc(Cl)nc(-c2ccc(F)cc2)c1. The third-order valence-corrected chi connectivity index (χ3v) is 2.83. The van der Waals surface area contributed by atoms with Gasteiger partial charge >= 0.3 is 0 Å². The van der Waals surface area contributed by atoms with Crippen LogP contribution in [0, 0.1) is 5.82 Å². The topological polar surface area (TPSA) is 33.1 Å². The first-order valence-corrected chi connectivity index (χ1v) is 5.90. The average Bonchev–Trinajstić information content (AvgIpc) is 2.28. The maximum Gasteiger partial charge on any atom is 0.130 e. The molecule has 2 aromatic rings. The average molecular weight is 266 g/mol. The maximum atomic E-state index is 12.9. The molecule has 1 heterocycles. The van der Waals surface area contributed by atoms with Gasteiger partial charge in [-0.3, -0.25) is 0 Å². The Bertz CT molecular complexity index is 561. The van der Waals surface area contributed by atoms with E-state index in [9.17, 15) is 9.50 Å². The number of rotatable bonds is 2.